The molecule has 1 saturated heterocycles. The van der Waals surface area contributed by atoms with Crippen LogP contribution in [0.5, 0.6) is 0 Å². The summed E-state index contributed by atoms with van der Waals surface area (Å²) >= 11 is 0. The van der Waals surface area contributed by atoms with E-state index in [1.54, 1.807) is 18.3 Å². The molecule has 1 aliphatic heterocycles. The van der Waals surface area contributed by atoms with E-state index in [0.717, 1.165) is 24.3 Å². The van der Waals surface area contributed by atoms with Crippen molar-refractivity contribution in [2.24, 2.45) is 0 Å². The molecule has 25 heavy (non-hydrogen) atoms. The Labute approximate surface area is 147 Å². The number of pyridine rings is 1. The fourth-order valence-corrected chi connectivity index (χ4v) is 2.97. The molecule has 0 radical (unpaired) electrons. The highest BCUT2D eigenvalue weighted by Crippen LogP contribution is 2.19. The van der Waals surface area contributed by atoms with Crippen LogP contribution in [0.2, 0.25) is 0 Å². The number of carbonyl (C=O) groups is 1. The van der Waals surface area contributed by atoms with Crippen LogP contribution in [0.1, 0.15) is 23.2 Å². The van der Waals surface area contributed by atoms with Gasteiger partial charge in [-0.2, -0.15) is 0 Å². The minimum absolute atomic E-state index is 0.0260. The van der Waals surface area contributed by atoms with Gasteiger partial charge < -0.3 is 15.1 Å². The number of rotatable bonds is 4. The molecule has 1 aromatic carbocycles. The minimum Gasteiger partial charge on any atom is -0.382 e. The lowest BCUT2D eigenvalue weighted by Crippen LogP contribution is -2.42. The maximum Gasteiger partial charge on any atom is 0.255 e. The van der Waals surface area contributed by atoms with Gasteiger partial charge in [0, 0.05) is 45.1 Å². The first kappa shape index (κ1) is 17.2. The summed E-state index contributed by atoms with van der Waals surface area (Å²) in [5, 5.41) is 3.40. The SMILES string of the molecule is CN(C)c1ccc(C(=O)N2CCC(Nc3ccc(F)cc3)CC2)cn1. The zero-order chi connectivity index (χ0) is 17.8. The summed E-state index contributed by atoms with van der Waals surface area (Å²) in [7, 11) is 3.84. The van der Waals surface area contributed by atoms with Crippen LogP contribution in [-0.2, 0) is 0 Å². The maximum absolute atomic E-state index is 13.0. The Morgan fingerprint density at radius 3 is 2.40 bits per heavy atom. The van der Waals surface area contributed by atoms with Gasteiger partial charge in [-0.1, -0.05) is 0 Å². The molecule has 5 nitrogen and oxygen atoms in total. The fraction of sp³-hybridized carbons (Fsp3) is 0.368. The van der Waals surface area contributed by atoms with Crippen LogP contribution in [-0.4, -0.2) is 49.0 Å². The van der Waals surface area contributed by atoms with Crippen molar-refractivity contribution >= 4 is 17.4 Å². The zero-order valence-electron chi connectivity index (χ0n) is 14.6. The van der Waals surface area contributed by atoms with Crippen molar-refractivity contribution in [2.75, 3.05) is 37.4 Å². The van der Waals surface area contributed by atoms with Crippen LogP contribution in [0.4, 0.5) is 15.9 Å². The largest absolute Gasteiger partial charge is 0.382 e. The third-order valence-corrected chi connectivity index (χ3v) is 4.45. The molecule has 3 rings (SSSR count). The molecule has 0 bridgehead atoms. The van der Waals surface area contributed by atoms with Gasteiger partial charge in [0.1, 0.15) is 11.6 Å². The highest BCUT2D eigenvalue weighted by Gasteiger charge is 2.23. The number of benzene rings is 1. The van der Waals surface area contributed by atoms with E-state index < -0.39 is 0 Å². The van der Waals surface area contributed by atoms with Crippen molar-refractivity contribution in [3.05, 3.63) is 54.0 Å². The van der Waals surface area contributed by atoms with Crippen molar-refractivity contribution in [1.82, 2.24) is 9.88 Å². The van der Waals surface area contributed by atoms with Crippen LogP contribution in [0, 0.1) is 5.82 Å². The summed E-state index contributed by atoms with van der Waals surface area (Å²) in [5.41, 5.74) is 1.53. The van der Waals surface area contributed by atoms with Crippen molar-refractivity contribution in [2.45, 2.75) is 18.9 Å². The monoisotopic (exact) mass is 342 g/mol. The van der Waals surface area contributed by atoms with Gasteiger partial charge in [-0.3, -0.25) is 4.79 Å². The van der Waals surface area contributed by atoms with Crippen molar-refractivity contribution in [3.63, 3.8) is 0 Å². The molecule has 132 valence electrons. The van der Waals surface area contributed by atoms with E-state index >= 15 is 0 Å². The van der Waals surface area contributed by atoms with Gasteiger partial charge in [0.05, 0.1) is 5.56 Å². The molecule has 6 heteroatoms. The van der Waals surface area contributed by atoms with Gasteiger partial charge in [0.15, 0.2) is 0 Å². The molecular weight excluding hydrogens is 319 g/mol. The molecule has 0 spiro atoms. The van der Waals surface area contributed by atoms with Crippen molar-refractivity contribution in [1.29, 1.82) is 0 Å². The smallest absolute Gasteiger partial charge is 0.255 e. The van der Waals surface area contributed by atoms with Gasteiger partial charge in [-0.05, 0) is 49.2 Å². The van der Waals surface area contributed by atoms with E-state index in [4.69, 9.17) is 0 Å². The van der Waals surface area contributed by atoms with Crippen LogP contribution < -0.4 is 10.2 Å². The second-order valence-corrected chi connectivity index (χ2v) is 6.52. The molecule has 0 atom stereocenters. The molecule has 2 aromatic rings. The summed E-state index contributed by atoms with van der Waals surface area (Å²) in [6.45, 7) is 1.40. The summed E-state index contributed by atoms with van der Waals surface area (Å²) in [5.74, 6) is 0.622. The number of amides is 1. The molecule has 1 N–H and O–H groups in total. The Hall–Kier alpha value is -2.63. The number of halogens is 1. The fourth-order valence-electron chi connectivity index (χ4n) is 2.97. The number of nitrogens with zero attached hydrogens (tertiary/aromatic N) is 3. The van der Waals surface area contributed by atoms with E-state index in [0.29, 0.717) is 24.7 Å². The standard InChI is InChI=1S/C19H23FN4O/c1-23(2)18-8-3-14(13-21-18)19(25)24-11-9-17(10-12-24)22-16-6-4-15(20)5-7-16/h3-8,13,17,22H,9-12H2,1-2H3. The summed E-state index contributed by atoms with van der Waals surface area (Å²) in [4.78, 5) is 20.7. The van der Waals surface area contributed by atoms with Crippen LogP contribution in [0.3, 0.4) is 0 Å². The Morgan fingerprint density at radius 1 is 1.16 bits per heavy atom. The molecule has 0 saturated carbocycles. The third kappa shape index (κ3) is 4.26. The highest BCUT2D eigenvalue weighted by molar-refractivity contribution is 5.94. The molecular formula is C19H23FN4O. The first-order valence-corrected chi connectivity index (χ1v) is 8.47. The van der Waals surface area contributed by atoms with E-state index in [2.05, 4.69) is 10.3 Å². The van der Waals surface area contributed by atoms with Crippen molar-refractivity contribution < 1.29 is 9.18 Å². The van der Waals surface area contributed by atoms with Crippen LogP contribution in [0.15, 0.2) is 42.6 Å². The van der Waals surface area contributed by atoms with Gasteiger partial charge in [-0.25, -0.2) is 9.37 Å². The summed E-state index contributed by atoms with van der Waals surface area (Å²) in [6, 6.07) is 10.4. The predicted octanol–water partition coefficient (Wildman–Crippen LogP) is 3.00. The second kappa shape index (κ2) is 7.51. The summed E-state index contributed by atoms with van der Waals surface area (Å²) in [6.07, 6.45) is 3.37. The Morgan fingerprint density at radius 2 is 1.84 bits per heavy atom. The molecule has 1 aliphatic rings. The number of hydrogen-bond donors (Lipinski definition) is 1. The number of hydrogen-bond acceptors (Lipinski definition) is 4. The van der Waals surface area contributed by atoms with E-state index in [1.807, 2.05) is 36.0 Å². The number of nitrogens with one attached hydrogen (secondary N) is 1. The summed E-state index contributed by atoms with van der Waals surface area (Å²) < 4.78 is 13.0. The normalized spacial score (nSPS) is 15.1. The molecule has 1 fully saturated rings. The quantitative estimate of drug-likeness (QED) is 0.928. The highest BCUT2D eigenvalue weighted by atomic mass is 19.1. The maximum atomic E-state index is 13.0. The molecule has 2 heterocycles. The van der Waals surface area contributed by atoms with E-state index in [1.165, 1.54) is 12.1 Å². The second-order valence-electron chi connectivity index (χ2n) is 6.52. The number of carbonyl (C=O) groups excluding carboxylic acids is 1. The zero-order valence-corrected chi connectivity index (χ0v) is 14.6. The minimum atomic E-state index is -0.236. The number of anilines is 2. The lowest BCUT2D eigenvalue weighted by molar-refractivity contribution is 0.0718. The lowest BCUT2D eigenvalue weighted by atomic mass is 10.0. The predicted molar refractivity (Wildman–Crippen MR) is 97.5 cm³/mol. The van der Waals surface area contributed by atoms with Crippen molar-refractivity contribution in [3.8, 4) is 0 Å². The van der Waals surface area contributed by atoms with Gasteiger partial charge in [0.25, 0.3) is 5.91 Å². The van der Waals surface area contributed by atoms with Gasteiger partial charge >= 0.3 is 0 Å². The number of likely N-dealkylation sites (tertiary alicyclic amines) is 1. The van der Waals surface area contributed by atoms with Crippen LogP contribution in [0.25, 0.3) is 0 Å². The topological polar surface area (TPSA) is 48.5 Å². The Kier molecular flexibility index (Phi) is 5.16. The molecule has 1 aromatic heterocycles. The average molecular weight is 342 g/mol. The lowest BCUT2D eigenvalue weighted by Gasteiger charge is -2.33. The number of piperidine rings is 1. The van der Waals surface area contributed by atoms with Crippen LogP contribution >= 0.6 is 0 Å². The van der Waals surface area contributed by atoms with Gasteiger partial charge in [0.2, 0.25) is 0 Å². The van der Waals surface area contributed by atoms with E-state index in [-0.39, 0.29) is 11.7 Å². The van der Waals surface area contributed by atoms with E-state index in [9.17, 15) is 9.18 Å². The Bertz CT molecular complexity index is 707. The number of aromatic nitrogens is 1. The average Bonchev–Trinajstić information content (AvgIpc) is 2.64. The third-order valence-electron chi connectivity index (χ3n) is 4.45. The molecule has 1 amide bonds. The first-order chi connectivity index (χ1) is 12.0. The first-order valence-electron chi connectivity index (χ1n) is 8.47. The Balaban J connectivity index is 1.54. The molecule has 0 unspecified atom stereocenters. The van der Waals surface area contributed by atoms with Gasteiger partial charge in [-0.15, -0.1) is 0 Å². The molecule has 0 aliphatic carbocycles.